The first-order valence-electron chi connectivity index (χ1n) is 9.85. The number of piperidine rings is 2. The molecule has 1 aromatic heterocycles. The van der Waals surface area contributed by atoms with Gasteiger partial charge < -0.3 is 5.32 Å². The second-order valence-corrected chi connectivity index (χ2v) is 8.95. The molecule has 3 aliphatic rings. The molecule has 1 N–H and O–H groups in total. The Bertz CT molecular complexity index is 592. The molecule has 1 atom stereocenters. The highest BCUT2D eigenvalue weighted by Crippen LogP contribution is 2.26. The van der Waals surface area contributed by atoms with Gasteiger partial charge in [0.15, 0.2) is 0 Å². The molecule has 1 unspecified atom stereocenters. The van der Waals surface area contributed by atoms with E-state index in [0.717, 1.165) is 38.3 Å². The van der Waals surface area contributed by atoms with E-state index in [-0.39, 0.29) is 5.92 Å². The van der Waals surface area contributed by atoms with Crippen molar-refractivity contribution in [1.29, 1.82) is 0 Å². The summed E-state index contributed by atoms with van der Waals surface area (Å²) in [5.74, 6) is 0.523. The minimum Gasteiger partial charge on any atom is -0.353 e. The summed E-state index contributed by atoms with van der Waals surface area (Å²) in [4.78, 5) is 22.1. The lowest BCUT2D eigenvalue weighted by Crippen LogP contribution is -2.50. The van der Waals surface area contributed by atoms with Gasteiger partial charge in [-0.3, -0.25) is 14.6 Å². The van der Waals surface area contributed by atoms with Gasteiger partial charge in [-0.2, -0.15) is 0 Å². The maximum atomic E-state index is 12.4. The second kappa shape index (κ2) is 7.72. The third-order valence-corrected chi connectivity index (χ3v) is 6.80. The minimum absolute atomic E-state index is 0.214. The minimum atomic E-state index is 0.214. The number of nitrogens with zero attached hydrogens (tertiary/aromatic N) is 3. The normalized spacial score (nSPS) is 26.7. The number of aryl methyl sites for hydroxylation is 1. The van der Waals surface area contributed by atoms with Crippen LogP contribution in [0.3, 0.4) is 0 Å². The summed E-state index contributed by atoms with van der Waals surface area (Å²) in [7, 11) is 0. The van der Waals surface area contributed by atoms with Crippen LogP contribution in [0, 0.1) is 12.8 Å². The SMILES string of the molecule is Cc1csc(CN2CCC(N3CCCC(C(=O)NC4CC4)C3)CC2)n1. The van der Waals surface area contributed by atoms with E-state index in [4.69, 9.17) is 0 Å². The van der Waals surface area contributed by atoms with Crippen LogP contribution in [0.15, 0.2) is 5.38 Å². The molecule has 0 radical (unpaired) electrons. The van der Waals surface area contributed by atoms with Crippen molar-refractivity contribution < 1.29 is 4.79 Å². The van der Waals surface area contributed by atoms with Gasteiger partial charge in [0.1, 0.15) is 5.01 Å². The average Bonchev–Trinajstić information content (AvgIpc) is 3.35. The van der Waals surface area contributed by atoms with Gasteiger partial charge in [0.05, 0.1) is 12.5 Å². The van der Waals surface area contributed by atoms with Crippen LogP contribution in [0.2, 0.25) is 0 Å². The number of aromatic nitrogens is 1. The van der Waals surface area contributed by atoms with Gasteiger partial charge in [0.25, 0.3) is 0 Å². The van der Waals surface area contributed by atoms with Crippen LogP contribution < -0.4 is 5.32 Å². The zero-order valence-corrected chi connectivity index (χ0v) is 16.1. The van der Waals surface area contributed by atoms with Crippen molar-refractivity contribution in [3.05, 3.63) is 16.1 Å². The summed E-state index contributed by atoms with van der Waals surface area (Å²) in [6.45, 7) is 7.51. The third kappa shape index (κ3) is 4.60. The van der Waals surface area contributed by atoms with Gasteiger partial charge in [-0.05, 0) is 52.0 Å². The Morgan fingerprint density at radius 3 is 2.72 bits per heavy atom. The molecule has 4 rings (SSSR count). The molecular formula is C19H30N4OS. The van der Waals surface area contributed by atoms with Gasteiger partial charge in [-0.25, -0.2) is 4.98 Å². The summed E-state index contributed by atoms with van der Waals surface area (Å²) in [6.07, 6.45) is 7.04. The first-order valence-corrected chi connectivity index (χ1v) is 10.7. The van der Waals surface area contributed by atoms with Crippen molar-refractivity contribution in [3.8, 4) is 0 Å². The predicted octanol–water partition coefficient (Wildman–Crippen LogP) is 2.41. The Hall–Kier alpha value is -0.980. The molecule has 1 aromatic rings. The molecule has 0 bridgehead atoms. The number of rotatable bonds is 5. The molecule has 6 heteroatoms. The van der Waals surface area contributed by atoms with Crippen LogP contribution in [0.25, 0.3) is 0 Å². The summed E-state index contributed by atoms with van der Waals surface area (Å²) in [5.41, 5.74) is 1.14. The highest BCUT2D eigenvalue weighted by atomic mass is 32.1. The molecule has 2 aliphatic heterocycles. The zero-order chi connectivity index (χ0) is 17.2. The quantitative estimate of drug-likeness (QED) is 0.874. The van der Waals surface area contributed by atoms with Crippen molar-refractivity contribution in [2.75, 3.05) is 26.2 Å². The molecule has 5 nitrogen and oxygen atoms in total. The van der Waals surface area contributed by atoms with Gasteiger partial charge in [-0.1, -0.05) is 0 Å². The van der Waals surface area contributed by atoms with Crippen molar-refractivity contribution >= 4 is 17.2 Å². The van der Waals surface area contributed by atoms with Gasteiger partial charge in [-0.15, -0.1) is 11.3 Å². The molecule has 1 amide bonds. The highest BCUT2D eigenvalue weighted by molar-refractivity contribution is 7.09. The van der Waals surface area contributed by atoms with E-state index in [9.17, 15) is 4.79 Å². The van der Waals surface area contributed by atoms with E-state index in [2.05, 4.69) is 32.4 Å². The van der Waals surface area contributed by atoms with Gasteiger partial charge in [0, 0.05) is 42.8 Å². The number of carbonyl (C=O) groups excluding carboxylic acids is 1. The highest BCUT2D eigenvalue weighted by Gasteiger charge is 2.33. The Morgan fingerprint density at radius 1 is 1.24 bits per heavy atom. The molecule has 1 aliphatic carbocycles. The third-order valence-electron chi connectivity index (χ3n) is 5.85. The topological polar surface area (TPSA) is 48.5 Å². The lowest BCUT2D eigenvalue weighted by molar-refractivity contribution is -0.127. The molecule has 2 saturated heterocycles. The first kappa shape index (κ1) is 17.4. The average molecular weight is 363 g/mol. The van der Waals surface area contributed by atoms with Crippen LogP contribution in [0.5, 0.6) is 0 Å². The van der Waals surface area contributed by atoms with Crippen molar-refractivity contribution in [1.82, 2.24) is 20.1 Å². The second-order valence-electron chi connectivity index (χ2n) is 8.01. The predicted molar refractivity (Wildman–Crippen MR) is 101 cm³/mol. The maximum absolute atomic E-state index is 12.4. The standard InChI is InChI=1S/C19H30N4OS/c1-14-13-25-18(20-14)12-22-9-6-17(7-10-22)23-8-2-3-15(11-23)19(24)21-16-4-5-16/h13,15-17H,2-12H2,1H3,(H,21,24). The Balaban J connectivity index is 1.24. The molecular weight excluding hydrogens is 332 g/mol. The lowest BCUT2D eigenvalue weighted by Gasteiger charge is -2.41. The van der Waals surface area contributed by atoms with Crippen LogP contribution in [0.1, 0.15) is 49.2 Å². The number of likely N-dealkylation sites (tertiary alicyclic amines) is 2. The van der Waals surface area contributed by atoms with E-state index < -0.39 is 0 Å². The Kier molecular flexibility index (Phi) is 5.39. The first-order chi connectivity index (χ1) is 12.2. The Labute approximate surface area is 154 Å². The summed E-state index contributed by atoms with van der Waals surface area (Å²) < 4.78 is 0. The van der Waals surface area contributed by atoms with Crippen LogP contribution in [0.4, 0.5) is 0 Å². The summed E-state index contributed by atoms with van der Waals surface area (Å²) in [6, 6.07) is 1.14. The number of thiazole rings is 1. The van der Waals surface area contributed by atoms with E-state index in [1.54, 1.807) is 11.3 Å². The maximum Gasteiger partial charge on any atom is 0.224 e. The largest absolute Gasteiger partial charge is 0.353 e. The van der Waals surface area contributed by atoms with E-state index in [1.807, 2.05) is 0 Å². The Morgan fingerprint density at radius 2 is 2.04 bits per heavy atom. The van der Waals surface area contributed by atoms with Crippen molar-refractivity contribution in [2.24, 2.45) is 5.92 Å². The number of carbonyl (C=O) groups is 1. The molecule has 25 heavy (non-hydrogen) atoms. The molecule has 138 valence electrons. The molecule has 1 saturated carbocycles. The van der Waals surface area contributed by atoms with Gasteiger partial charge in [0.2, 0.25) is 5.91 Å². The molecule has 0 aromatic carbocycles. The zero-order valence-electron chi connectivity index (χ0n) is 15.2. The number of hydrogen-bond donors (Lipinski definition) is 1. The molecule has 3 heterocycles. The fourth-order valence-electron chi connectivity index (χ4n) is 4.21. The lowest BCUT2D eigenvalue weighted by atomic mass is 9.93. The summed E-state index contributed by atoms with van der Waals surface area (Å²) >= 11 is 1.78. The van der Waals surface area contributed by atoms with Crippen molar-refractivity contribution in [2.45, 2.75) is 64.1 Å². The van der Waals surface area contributed by atoms with Crippen LogP contribution in [-0.2, 0) is 11.3 Å². The molecule has 3 fully saturated rings. The number of amides is 1. The summed E-state index contributed by atoms with van der Waals surface area (Å²) in [5, 5.41) is 6.59. The van der Waals surface area contributed by atoms with E-state index in [1.165, 1.54) is 43.7 Å². The fourth-order valence-corrected chi connectivity index (χ4v) is 5.02. The monoisotopic (exact) mass is 362 g/mol. The van der Waals surface area contributed by atoms with Gasteiger partial charge >= 0.3 is 0 Å². The van der Waals surface area contributed by atoms with E-state index >= 15 is 0 Å². The smallest absolute Gasteiger partial charge is 0.224 e. The fraction of sp³-hybridized carbons (Fsp3) is 0.789. The van der Waals surface area contributed by atoms with Crippen molar-refractivity contribution in [3.63, 3.8) is 0 Å². The number of nitrogens with one attached hydrogen (secondary N) is 1. The van der Waals surface area contributed by atoms with E-state index in [0.29, 0.717) is 18.0 Å². The van der Waals surface area contributed by atoms with Crippen LogP contribution in [-0.4, -0.2) is 59.0 Å². The van der Waals surface area contributed by atoms with Crippen LogP contribution >= 0.6 is 11.3 Å². The number of hydrogen-bond acceptors (Lipinski definition) is 5. The molecule has 0 spiro atoms.